The first kappa shape index (κ1) is 11.0. The highest BCUT2D eigenvalue weighted by Gasteiger charge is 2.32. The van der Waals surface area contributed by atoms with E-state index in [0.717, 1.165) is 6.07 Å². The number of halogens is 5. The van der Waals surface area contributed by atoms with Crippen molar-refractivity contribution < 1.29 is 17.9 Å². The predicted octanol–water partition coefficient (Wildman–Crippen LogP) is 3.35. The van der Waals surface area contributed by atoms with Crippen LogP contribution in [0.4, 0.5) is 13.2 Å². The molecule has 13 heavy (non-hydrogen) atoms. The Morgan fingerprint density at radius 2 is 2.08 bits per heavy atom. The molecule has 1 heterocycles. The lowest BCUT2D eigenvalue weighted by molar-refractivity contribution is -0.275. The summed E-state index contributed by atoms with van der Waals surface area (Å²) in [6.45, 7) is 0. The minimum absolute atomic E-state index is 0.255. The Bertz CT molecular complexity index is 317. The third kappa shape index (κ3) is 3.29. The van der Waals surface area contributed by atoms with Gasteiger partial charge in [0, 0.05) is 12.3 Å². The fourth-order valence-electron chi connectivity index (χ4n) is 0.605. The average Bonchev–Trinajstić information content (AvgIpc) is 1.96. The molecule has 0 aromatic carbocycles. The molecular weight excluding hydrogens is 366 g/mol. The van der Waals surface area contributed by atoms with Crippen LogP contribution >= 0.6 is 38.5 Å². The maximum Gasteiger partial charge on any atom is 0.573 e. The molecule has 0 atom stereocenters. The van der Waals surface area contributed by atoms with Gasteiger partial charge in [-0.25, -0.2) is 4.98 Å². The molecule has 0 aliphatic carbocycles. The number of rotatable bonds is 1. The van der Waals surface area contributed by atoms with E-state index in [1.165, 1.54) is 6.20 Å². The first-order chi connectivity index (χ1) is 5.90. The zero-order chi connectivity index (χ0) is 10.1. The van der Waals surface area contributed by atoms with E-state index in [0.29, 0.717) is 4.60 Å². The van der Waals surface area contributed by atoms with E-state index in [-0.39, 0.29) is 9.32 Å². The molecular formula is C6H2BrF3INO. The second kappa shape index (κ2) is 3.99. The Kier molecular flexibility index (Phi) is 3.38. The van der Waals surface area contributed by atoms with E-state index in [1.54, 1.807) is 22.6 Å². The van der Waals surface area contributed by atoms with Gasteiger partial charge in [-0.15, -0.1) is 13.2 Å². The third-order valence-corrected chi connectivity index (χ3v) is 3.42. The molecule has 1 aromatic heterocycles. The first-order valence-corrected chi connectivity index (χ1v) is 4.83. The molecule has 7 heteroatoms. The molecule has 0 unspecified atom stereocenters. The lowest BCUT2D eigenvalue weighted by atomic mass is 10.5. The van der Waals surface area contributed by atoms with Gasteiger partial charge in [0.15, 0.2) is 0 Å². The number of aromatic nitrogens is 1. The van der Waals surface area contributed by atoms with Crippen molar-refractivity contribution in [2.45, 2.75) is 6.36 Å². The monoisotopic (exact) mass is 367 g/mol. The van der Waals surface area contributed by atoms with Crippen LogP contribution < -0.4 is 4.74 Å². The van der Waals surface area contributed by atoms with E-state index in [1.807, 2.05) is 0 Å². The lowest BCUT2D eigenvalue weighted by Crippen LogP contribution is -2.17. The van der Waals surface area contributed by atoms with Gasteiger partial charge in [0.05, 0.1) is 3.57 Å². The molecule has 0 amide bonds. The maximum atomic E-state index is 11.8. The standard InChI is InChI=1S/C6H2BrF3INO/c7-5-4(11)3(1-2-12-5)13-6(8,9)10/h1-2H. The molecule has 0 aliphatic heterocycles. The highest BCUT2D eigenvalue weighted by atomic mass is 127. The van der Waals surface area contributed by atoms with Crippen molar-refractivity contribution in [1.29, 1.82) is 0 Å². The van der Waals surface area contributed by atoms with Gasteiger partial charge in [-0.1, -0.05) is 0 Å². The van der Waals surface area contributed by atoms with E-state index in [4.69, 9.17) is 0 Å². The highest BCUT2D eigenvalue weighted by Crippen LogP contribution is 2.30. The Balaban J connectivity index is 2.96. The summed E-state index contributed by atoms with van der Waals surface area (Å²) >= 11 is 4.70. The Morgan fingerprint density at radius 3 is 2.62 bits per heavy atom. The number of nitrogens with zero attached hydrogens (tertiary/aromatic N) is 1. The van der Waals surface area contributed by atoms with Gasteiger partial charge in [0.2, 0.25) is 0 Å². The topological polar surface area (TPSA) is 22.1 Å². The molecule has 0 saturated heterocycles. The third-order valence-electron chi connectivity index (χ3n) is 1.04. The Morgan fingerprint density at radius 1 is 1.46 bits per heavy atom. The predicted molar refractivity (Wildman–Crippen MR) is 51.3 cm³/mol. The van der Waals surface area contributed by atoms with Crippen LogP contribution in [0.2, 0.25) is 0 Å². The zero-order valence-corrected chi connectivity index (χ0v) is 9.64. The van der Waals surface area contributed by atoms with E-state index >= 15 is 0 Å². The zero-order valence-electron chi connectivity index (χ0n) is 5.90. The fourth-order valence-corrected chi connectivity index (χ4v) is 1.35. The summed E-state index contributed by atoms with van der Waals surface area (Å²) in [6.07, 6.45) is -3.44. The minimum Gasteiger partial charge on any atom is -0.404 e. The van der Waals surface area contributed by atoms with Gasteiger partial charge in [0.25, 0.3) is 0 Å². The summed E-state index contributed by atoms with van der Waals surface area (Å²) in [5.41, 5.74) is 0. The summed E-state index contributed by atoms with van der Waals surface area (Å²) in [5, 5.41) is 0. The molecule has 0 spiro atoms. The van der Waals surface area contributed by atoms with Crippen LogP contribution in [-0.2, 0) is 0 Å². The number of hydrogen-bond donors (Lipinski definition) is 0. The summed E-state index contributed by atoms with van der Waals surface area (Å²) in [4.78, 5) is 3.73. The summed E-state index contributed by atoms with van der Waals surface area (Å²) in [7, 11) is 0. The summed E-state index contributed by atoms with van der Waals surface area (Å²) in [6, 6.07) is 1.15. The average molecular weight is 368 g/mol. The SMILES string of the molecule is FC(F)(F)Oc1ccnc(Br)c1I. The van der Waals surface area contributed by atoms with Crippen molar-refractivity contribution in [1.82, 2.24) is 4.98 Å². The van der Waals surface area contributed by atoms with Crippen molar-refractivity contribution in [2.75, 3.05) is 0 Å². The van der Waals surface area contributed by atoms with Crippen LogP contribution in [0.1, 0.15) is 0 Å². The minimum atomic E-state index is -4.67. The van der Waals surface area contributed by atoms with Gasteiger partial charge < -0.3 is 4.74 Å². The number of alkyl halides is 3. The van der Waals surface area contributed by atoms with Gasteiger partial charge >= 0.3 is 6.36 Å². The van der Waals surface area contributed by atoms with Gasteiger partial charge in [-0.05, 0) is 38.5 Å². The van der Waals surface area contributed by atoms with E-state index in [2.05, 4.69) is 25.7 Å². The molecule has 0 saturated carbocycles. The molecule has 0 N–H and O–H groups in total. The van der Waals surface area contributed by atoms with Crippen LogP contribution in [0.25, 0.3) is 0 Å². The van der Waals surface area contributed by atoms with Crippen LogP contribution in [0.5, 0.6) is 5.75 Å². The lowest BCUT2D eigenvalue weighted by Gasteiger charge is -2.10. The molecule has 1 aromatic rings. The number of ether oxygens (including phenoxy) is 1. The normalized spacial score (nSPS) is 11.5. The summed E-state index contributed by atoms with van der Waals surface area (Å²) in [5.74, 6) is -0.255. The van der Waals surface area contributed by atoms with E-state index in [9.17, 15) is 13.2 Å². The summed E-state index contributed by atoms with van der Waals surface area (Å²) < 4.78 is 39.7. The Labute approximate surface area is 93.8 Å². The molecule has 2 nitrogen and oxygen atoms in total. The van der Waals surface area contributed by atoms with Crippen LogP contribution in [0.15, 0.2) is 16.9 Å². The smallest absolute Gasteiger partial charge is 0.404 e. The molecule has 0 aliphatic rings. The van der Waals surface area contributed by atoms with Crippen LogP contribution in [0, 0.1) is 3.57 Å². The van der Waals surface area contributed by atoms with Crippen molar-refractivity contribution in [3.8, 4) is 5.75 Å². The first-order valence-electron chi connectivity index (χ1n) is 2.96. The highest BCUT2D eigenvalue weighted by molar-refractivity contribution is 14.1. The maximum absolute atomic E-state index is 11.8. The van der Waals surface area contributed by atoms with Crippen LogP contribution in [-0.4, -0.2) is 11.3 Å². The molecule has 0 fully saturated rings. The van der Waals surface area contributed by atoms with Crippen LogP contribution in [0.3, 0.4) is 0 Å². The van der Waals surface area contributed by atoms with Crippen molar-refractivity contribution in [3.63, 3.8) is 0 Å². The van der Waals surface area contributed by atoms with Crippen molar-refractivity contribution in [2.24, 2.45) is 0 Å². The van der Waals surface area contributed by atoms with E-state index < -0.39 is 6.36 Å². The van der Waals surface area contributed by atoms with Crippen molar-refractivity contribution >= 4 is 38.5 Å². The fraction of sp³-hybridized carbons (Fsp3) is 0.167. The quantitative estimate of drug-likeness (QED) is 0.561. The van der Waals surface area contributed by atoms with Gasteiger partial charge in [-0.3, -0.25) is 0 Å². The number of hydrogen-bond acceptors (Lipinski definition) is 2. The second-order valence-corrected chi connectivity index (χ2v) is 3.79. The molecule has 0 radical (unpaired) electrons. The molecule has 72 valence electrons. The second-order valence-electron chi connectivity index (χ2n) is 1.96. The Hall–Kier alpha value is -0.0500. The van der Waals surface area contributed by atoms with Gasteiger partial charge in [0.1, 0.15) is 10.4 Å². The molecule has 1 rings (SSSR count). The molecule has 0 bridgehead atoms. The largest absolute Gasteiger partial charge is 0.573 e. The van der Waals surface area contributed by atoms with Gasteiger partial charge in [-0.2, -0.15) is 0 Å². The van der Waals surface area contributed by atoms with Crippen molar-refractivity contribution in [3.05, 3.63) is 20.4 Å². The number of pyridine rings is 1.